The molecule has 148 valence electrons. The molecule has 2 atom stereocenters. The van der Waals surface area contributed by atoms with Gasteiger partial charge in [0.15, 0.2) is 0 Å². The van der Waals surface area contributed by atoms with Gasteiger partial charge in [0.05, 0.1) is 22.7 Å². The predicted molar refractivity (Wildman–Crippen MR) is 110 cm³/mol. The molecule has 0 spiro atoms. The molecule has 5 heteroatoms. The van der Waals surface area contributed by atoms with Crippen LogP contribution in [0, 0.1) is 11.7 Å². The maximum Gasteiger partial charge on any atom is 0.262 e. The Labute approximate surface area is 169 Å². The van der Waals surface area contributed by atoms with E-state index in [0.717, 1.165) is 23.1 Å². The van der Waals surface area contributed by atoms with E-state index in [0.29, 0.717) is 29.0 Å². The van der Waals surface area contributed by atoms with Crippen molar-refractivity contribution in [2.75, 3.05) is 0 Å². The third kappa shape index (κ3) is 3.31. The number of halogens is 1. The molecule has 0 fully saturated rings. The number of carbonyl (C=O) groups is 2. The molecule has 1 aliphatic heterocycles. The van der Waals surface area contributed by atoms with E-state index in [2.05, 4.69) is 13.8 Å². The molecular formula is C24H23FN2O2. The number of benzene rings is 2. The van der Waals surface area contributed by atoms with Gasteiger partial charge in [-0.15, -0.1) is 0 Å². The number of aromatic nitrogens is 1. The number of rotatable bonds is 5. The first-order valence-electron chi connectivity index (χ1n) is 9.96. The van der Waals surface area contributed by atoms with Crippen LogP contribution >= 0.6 is 0 Å². The van der Waals surface area contributed by atoms with Crippen LogP contribution in [0.15, 0.2) is 48.5 Å². The smallest absolute Gasteiger partial charge is 0.262 e. The summed E-state index contributed by atoms with van der Waals surface area (Å²) in [5, 5.41) is 0.790. The average Bonchev–Trinajstić information content (AvgIpc) is 2.97. The third-order valence-corrected chi connectivity index (χ3v) is 5.79. The molecule has 1 aromatic heterocycles. The Hall–Kier alpha value is -3.08. The van der Waals surface area contributed by atoms with Gasteiger partial charge < -0.3 is 0 Å². The summed E-state index contributed by atoms with van der Waals surface area (Å²) in [7, 11) is 0. The van der Waals surface area contributed by atoms with Crippen molar-refractivity contribution in [3.05, 3.63) is 76.7 Å². The normalized spacial score (nSPS) is 15.7. The molecule has 1 unspecified atom stereocenters. The summed E-state index contributed by atoms with van der Waals surface area (Å²) in [6.45, 7) is 6.10. The zero-order chi connectivity index (χ0) is 20.7. The second kappa shape index (κ2) is 7.39. The summed E-state index contributed by atoms with van der Waals surface area (Å²) < 4.78 is 13.7. The fourth-order valence-electron chi connectivity index (χ4n) is 3.89. The number of amides is 2. The van der Waals surface area contributed by atoms with Crippen molar-refractivity contribution in [1.82, 2.24) is 9.88 Å². The number of nitrogens with zero attached hydrogens (tertiary/aromatic N) is 2. The molecule has 0 N–H and O–H groups in total. The van der Waals surface area contributed by atoms with Gasteiger partial charge in [-0.1, -0.05) is 32.4 Å². The Balaban J connectivity index is 1.81. The van der Waals surface area contributed by atoms with E-state index in [-0.39, 0.29) is 17.6 Å². The van der Waals surface area contributed by atoms with E-state index in [1.807, 2.05) is 13.0 Å². The molecule has 2 heterocycles. The molecule has 4 nitrogen and oxygen atoms in total. The number of carbonyl (C=O) groups excluding carboxylic acids is 2. The molecule has 0 saturated heterocycles. The van der Waals surface area contributed by atoms with Gasteiger partial charge in [0.25, 0.3) is 11.8 Å². The van der Waals surface area contributed by atoms with Gasteiger partial charge >= 0.3 is 0 Å². The number of pyridine rings is 1. The number of hydrogen-bond acceptors (Lipinski definition) is 3. The Morgan fingerprint density at radius 2 is 1.66 bits per heavy atom. The third-order valence-electron chi connectivity index (χ3n) is 5.79. The fraction of sp³-hybridized carbons (Fsp3) is 0.292. The number of fused-ring (bicyclic) bond motifs is 2. The van der Waals surface area contributed by atoms with Crippen LogP contribution in [0.3, 0.4) is 0 Å². The maximum absolute atomic E-state index is 13.7. The summed E-state index contributed by atoms with van der Waals surface area (Å²) in [6, 6.07) is 12.9. The van der Waals surface area contributed by atoms with E-state index in [1.165, 1.54) is 17.0 Å². The van der Waals surface area contributed by atoms with Crippen molar-refractivity contribution in [2.24, 2.45) is 5.92 Å². The summed E-state index contributed by atoms with van der Waals surface area (Å²) in [6.07, 6.45) is 1.68. The highest BCUT2D eigenvalue weighted by atomic mass is 19.1. The summed E-state index contributed by atoms with van der Waals surface area (Å²) in [5.74, 6) is -0.527. The van der Waals surface area contributed by atoms with Crippen LogP contribution in [0.25, 0.3) is 10.9 Å². The van der Waals surface area contributed by atoms with Crippen molar-refractivity contribution in [3.8, 4) is 0 Å². The molecular weight excluding hydrogens is 367 g/mol. The average molecular weight is 390 g/mol. The molecule has 3 aromatic rings. The van der Waals surface area contributed by atoms with Crippen molar-refractivity contribution >= 4 is 22.7 Å². The molecule has 1 aliphatic rings. The van der Waals surface area contributed by atoms with E-state index in [9.17, 15) is 14.0 Å². The van der Waals surface area contributed by atoms with Crippen LogP contribution in [-0.2, 0) is 6.42 Å². The second-order valence-electron chi connectivity index (χ2n) is 7.78. The summed E-state index contributed by atoms with van der Waals surface area (Å²) in [4.78, 5) is 32.0. The highest BCUT2D eigenvalue weighted by Gasteiger charge is 2.39. The van der Waals surface area contributed by atoms with Crippen molar-refractivity contribution in [3.63, 3.8) is 0 Å². The van der Waals surface area contributed by atoms with Gasteiger partial charge in [-0.25, -0.2) is 4.39 Å². The molecule has 29 heavy (non-hydrogen) atoms. The lowest BCUT2D eigenvalue weighted by Gasteiger charge is -2.26. The predicted octanol–water partition coefficient (Wildman–Crippen LogP) is 5.32. The van der Waals surface area contributed by atoms with E-state index in [4.69, 9.17) is 4.98 Å². The molecule has 2 amide bonds. The van der Waals surface area contributed by atoms with Crippen LogP contribution in [0.5, 0.6) is 0 Å². The van der Waals surface area contributed by atoms with Crippen LogP contribution in [-0.4, -0.2) is 21.7 Å². The molecule has 0 aliphatic carbocycles. The minimum absolute atomic E-state index is 0.285. The van der Waals surface area contributed by atoms with Gasteiger partial charge in [0, 0.05) is 17.1 Å². The van der Waals surface area contributed by atoms with Gasteiger partial charge in [-0.05, 0) is 55.2 Å². The first-order valence-corrected chi connectivity index (χ1v) is 9.96. The minimum atomic E-state index is -0.469. The lowest BCUT2D eigenvalue weighted by Crippen LogP contribution is -2.33. The monoisotopic (exact) mass is 390 g/mol. The Bertz CT molecular complexity index is 1090. The van der Waals surface area contributed by atoms with Gasteiger partial charge in [0.2, 0.25) is 0 Å². The summed E-state index contributed by atoms with van der Waals surface area (Å²) in [5.41, 5.74) is 3.09. The van der Waals surface area contributed by atoms with E-state index < -0.39 is 6.04 Å². The van der Waals surface area contributed by atoms with Crippen molar-refractivity contribution in [2.45, 2.75) is 39.7 Å². The fourth-order valence-corrected chi connectivity index (χ4v) is 3.89. The van der Waals surface area contributed by atoms with Gasteiger partial charge in [0.1, 0.15) is 5.82 Å². The lowest BCUT2D eigenvalue weighted by molar-refractivity contribution is 0.0594. The zero-order valence-corrected chi connectivity index (χ0v) is 16.8. The van der Waals surface area contributed by atoms with Crippen LogP contribution < -0.4 is 0 Å². The Morgan fingerprint density at radius 3 is 2.28 bits per heavy atom. The maximum atomic E-state index is 13.7. The van der Waals surface area contributed by atoms with Crippen molar-refractivity contribution in [1.29, 1.82) is 0 Å². The van der Waals surface area contributed by atoms with Crippen LogP contribution in [0.2, 0.25) is 0 Å². The molecule has 4 rings (SSSR count). The minimum Gasteiger partial charge on any atom is -0.269 e. The van der Waals surface area contributed by atoms with E-state index >= 15 is 0 Å². The van der Waals surface area contributed by atoms with Gasteiger partial charge in [-0.2, -0.15) is 0 Å². The molecule has 0 radical (unpaired) electrons. The largest absolute Gasteiger partial charge is 0.269 e. The highest BCUT2D eigenvalue weighted by Crippen LogP contribution is 2.34. The Kier molecular flexibility index (Phi) is 4.91. The van der Waals surface area contributed by atoms with Crippen LogP contribution in [0.1, 0.15) is 65.2 Å². The lowest BCUT2D eigenvalue weighted by atomic mass is 9.94. The van der Waals surface area contributed by atoms with Gasteiger partial charge in [-0.3, -0.25) is 19.5 Å². The quantitative estimate of drug-likeness (QED) is 0.554. The molecule has 0 bridgehead atoms. The first kappa shape index (κ1) is 19.2. The van der Waals surface area contributed by atoms with Crippen LogP contribution in [0.4, 0.5) is 4.39 Å². The first-order chi connectivity index (χ1) is 13.9. The Morgan fingerprint density at radius 1 is 1.00 bits per heavy atom. The summed E-state index contributed by atoms with van der Waals surface area (Å²) >= 11 is 0. The highest BCUT2D eigenvalue weighted by molar-refractivity contribution is 6.21. The topological polar surface area (TPSA) is 50.3 Å². The van der Waals surface area contributed by atoms with Crippen molar-refractivity contribution < 1.29 is 14.0 Å². The second-order valence-corrected chi connectivity index (χ2v) is 7.78. The SMILES string of the molecule is CC[C@H](C)Cc1nc2cc(F)ccc2cc1C(C)N1C(=O)c2ccccc2C1=O. The van der Waals surface area contributed by atoms with E-state index in [1.54, 1.807) is 30.3 Å². The number of hydrogen-bond donors (Lipinski definition) is 0. The molecule has 2 aromatic carbocycles. The number of imide groups is 1. The standard InChI is InChI=1S/C24H23FN2O2/c1-4-14(2)11-22-20(12-16-9-10-17(25)13-21(16)26-22)15(3)27-23(28)18-7-5-6-8-19(18)24(27)29/h5-10,12-15H,4,11H2,1-3H3/t14-,15?/m0/s1. The molecule has 0 saturated carbocycles. The zero-order valence-electron chi connectivity index (χ0n) is 16.8.